The first-order valence-electron chi connectivity index (χ1n) is 8.36. The number of pyridine rings is 1. The van der Waals surface area contributed by atoms with Crippen molar-refractivity contribution in [3.63, 3.8) is 0 Å². The first-order chi connectivity index (χ1) is 11.1. The molecule has 2 rings (SSSR count). The largest absolute Gasteiger partial charge is 0.354 e. The maximum atomic E-state index is 4.29. The summed E-state index contributed by atoms with van der Waals surface area (Å²) in [6.45, 7) is 7.31. The fourth-order valence-electron chi connectivity index (χ4n) is 2.51. The molecule has 0 saturated heterocycles. The van der Waals surface area contributed by atoms with Gasteiger partial charge in [0.1, 0.15) is 0 Å². The van der Waals surface area contributed by atoms with Crippen molar-refractivity contribution in [3.8, 4) is 0 Å². The van der Waals surface area contributed by atoms with Crippen LogP contribution in [0.2, 0.25) is 0 Å². The molecule has 134 valence electrons. The number of fused-ring (bicyclic) bond motifs is 1. The maximum Gasteiger partial charge on any atom is 0.191 e. The number of halogens is 1. The van der Waals surface area contributed by atoms with Crippen LogP contribution in [0.1, 0.15) is 45.9 Å². The minimum atomic E-state index is 0. The Balaban J connectivity index is 0.00000288. The van der Waals surface area contributed by atoms with Crippen molar-refractivity contribution in [2.45, 2.75) is 52.6 Å². The van der Waals surface area contributed by atoms with Gasteiger partial charge < -0.3 is 10.6 Å². The Labute approximate surface area is 161 Å². The maximum absolute atomic E-state index is 4.29. The van der Waals surface area contributed by atoms with Crippen LogP contribution in [0.3, 0.4) is 0 Å². The fourth-order valence-corrected chi connectivity index (χ4v) is 2.51. The lowest BCUT2D eigenvalue weighted by molar-refractivity contribution is 0.491. The summed E-state index contributed by atoms with van der Waals surface area (Å²) < 4.78 is 1.98. The molecule has 0 spiro atoms. The highest BCUT2D eigenvalue weighted by atomic mass is 127. The van der Waals surface area contributed by atoms with Gasteiger partial charge in [-0.1, -0.05) is 32.8 Å². The van der Waals surface area contributed by atoms with Crippen molar-refractivity contribution in [1.29, 1.82) is 0 Å². The van der Waals surface area contributed by atoms with Gasteiger partial charge >= 0.3 is 0 Å². The summed E-state index contributed by atoms with van der Waals surface area (Å²) in [6, 6.07) is 6.28. The monoisotopic (exact) mass is 444 g/mol. The third kappa shape index (κ3) is 6.26. The lowest BCUT2D eigenvalue weighted by Gasteiger charge is -2.18. The zero-order valence-corrected chi connectivity index (χ0v) is 17.3. The van der Waals surface area contributed by atoms with E-state index in [0.717, 1.165) is 29.8 Å². The zero-order chi connectivity index (χ0) is 16.7. The highest BCUT2D eigenvalue weighted by Crippen LogP contribution is 2.08. The van der Waals surface area contributed by atoms with Crippen molar-refractivity contribution in [3.05, 3.63) is 30.2 Å². The zero-order valence-electron chi connectivity index (χ0n) is 15.0. The van der Waals surface area contributed by atoms with Crippen molar-refractivity contribution in [2.75, 3.05) is 7.05 Å². The summed E-state index contributed by atoms with van der Waals surface area (Å²) >= 11 is 0. The topological polar surface area (TPSA) is 66.6 Å². The molecule has 1 atom stereocenters. The molecule has 0 fully saturated rings. The third-order valence-electron chi connectivity index (χ3n) is 3.82. The minimum Gasteiger partial charge on any atom is -0.354 e. The van der Waals surface area contributed by atoms with Gasteiger partial charge in [-0.05, 0) is 31.4 Å². The van der Waals surface area contributed by atoms with Crippen LogP contribution in [0.15, 0.2) is 29.4 Å². The molecule has 24 heavy (non-hydrogen) atoms. The number of hydrogen-bond acceptors (Lipinski definition) is 3. The molecule has 0 aliphatic heterocycles. The predicted octanol–water partition coefficient (Wildman–Crippen LogP) is 3.23. The molecule has 0 saturated carbocycles. The number of nitrogens with one attached hydrogen (secondary N) is 2. The van der Waals surface area contributed by atoms with Crippen LogP contribution in [0, 0.1) is 5.92 Å². The van der Waals surface area contributed by atoms with Crippen LogP contribution in [-0.4, -0.2) is 33.6 Å². The van der Waals surface area contributed by atoms with E-state index in [2.05, 4.69) is 46.6 Å². The van der Waals surface area contributed by atoms with E-state index in [4.69, 9.17) is 0 Å². The molecular formula is C17H29IN6. The predicted molar refractivity (Wildman–Crippen MR) is 110 cm³/mol. The Kier molecular flexibility index (Phi) is 9.02. The van der Waals surface area contributed by atoms with Crippen LogP contribution >= 0.6 is 24.0 Å². The summed E-state index contributed by atoms with van der Waals surface area (Å²) in [5, 5.41) is 15.1. The van der Waals surface area contributed by atoms with Crippen molar-refractivity contribution < 1.29 is 0 Å². The van der Waals surface area contributed by atoms with E-state index in [-0.39, 0.29) is 24.0 Å². The van der Waals surface area contributed by atoms with Gasteiger partial charge in [0.15, 0.2) is 17.4 Å². The highest BCUT2D eigenvalue weighted by molar-refractivity contribution is 14.0. The minimum absolute atomic E-state index is 0. The smallest absolute Gasteiger partial charge is 0.191 e. The van der Waals surface area contributed by atoms with Gasteiger partial charge in [0.25, 0.3) is 0 Å². The Morgan fingerprint density at radius 2 is 2.00 bits per heavy atom. The van der Waals surface area contributed by atoms with Gasteiger partial charge in [-0.15, -0.1) is 34.2 Å². The first kappa shape index (κ1) is 20.7. The number of rotatable bonds is 7. The number of nitrogens with zero attached hydrogens (tertiary/aromatic N) is 4. The van der Waals surface area contributed by atoms with Crippen LogP contribution < -0.4 is 10.6 Å². The summed E-state index contributed by atoms with van der Waals surface area (Å²) in [7, 11) is 1.79. The summed E-state index contributed by atoms with van der Waals surface area (Å²) in [4.78, 5) is 4.29. The summed E-state index contributed by atoms with van der Waals surface area (Å²) in [5.74, 6) is 2.44. The molecule has 2 N–H and O–H groups in total. The molecule has 0 aromatic carbocycles. The van der Waals surface area contributed by atoms with Gasteiger partial charge in [0.2, 0.25) is 0 Å². The number of aromatic nitrogens is 3. The lowest BCUT2D eigenvalue weighted by atomic mass is 10.0. The summed E-state index contributed by atoms with van der Waals surface area (Å²) in [6.07, 6.45) is 5.62. The average molecular weight is 444 g/mol. The Morgan fingerprint density at radius 1 is 1.21 bits per heavy atom. The average Bonchev–Trinajstić information content (AvgIpc) is 2.94. The molecule has 2 aromatic rings. The molecule has 0 aliphatic rings. The SMILES string of the molecule is CN=C(NCc1nnc2ccccn12)NC(C)CCCC(C)C.I. The standard InChI is InChI=1S/C17H28N6.HI/c1-13(2)8-7-9-14(3)20-17(18-4)19-12-16-22-21-15-10-5-6-11-23(15)16;/h5-6,10-11,13-14H,7-9,12H2,1-4H3,(H2,18,19,20);1H. The second kappa shape index (κ2) is 10.5. The van der Waals surface area contributed by atoms with Gasteiger partial charge in [-0.25, -0.2) is 0 Å². The molecule has 6 nitrogen and oxygen atoms in total. The lowest BCUT2D eigenvalue weighted by Crippen LogP contribution is -2.42. The molecule has 0 radical (unpaired) electrons. The van der Waals surface area contributed by atoms with E-state index in [1.807, 2.05) is 28.8 Å². The van der Waals surface area contributed by atoms with E-state index in [1.54, 1.807) is 7.05 Å². The van der Waals surface area contributed by atoms with Gasteiger partial charge in [0.05, 0.1) is 6.54 Å². The van der Waals surface area contributed by atoms with Crippen molar-refractivity contribution in [1.82, 2.24) is 25.2 Å². The Bertz CT molecular complexity index is 637. The molecule has 7 heteroatoms. The molecule has 0 aliphatic carbocycles. The van der Waals surface area contributed by atoms with E-state index in [0.29, 0.717) is 12.6 Å². The molecule has 2 heterocycles. The Hall–Kier alpha value is -1.38. The van der Waals surface area contributed by atoms with Gasteiger partial charge in [-0.2, -0.15) is 0 Å². The number of aliphatic imine (C=N–C) groups is 1. The van der Waals surface area contributed by atoms with E-state index >= 15 is 0 Å². The second-order valence-corrected chi connectivity index (χ2v) is 6.34. The van der Waals surface area contributed by atoms with Crippen molar-refractivity contribution in [2.24, 2.45) is 10.9 Å². The number of guanidine groups is 1. The quantitative estimate of drug-likeness (QED) is 0.391. The van der Waals surface area contributed by atoms with Crippen LogP contribution in [-0.2, 0) is 6.54 Å². The van der Waals surface area contributed by atoms with E-state index < -0.39 is 0 Å². The van der Waals surface area contributed by atoms with Crippen molar-refractivity contribution >= 4 is 35.6 Å². The van der Waals surface area contributed by atoms with E-state index in [9.17, 15) is 0 Å². The fraction of sp³-hybridized carbons (Fsp3) is 0.588. The molecule has 1 unspecified atom stereocenters. The van der Waals surface area contributed by atoms with Crippen LogP contribution in [0.4, 0.5) is 0 Å². The number of hydrogen-bond donors (Lipinski definition) is 2. The van der Waals surface area contributed by atoms with Crippen LogP contribution in [0.25, 0.3) is 5.65 Å². The normalized spacial score (nSPS) is 13.0. The molecular weight excluding hydrogens is 415 g/mol. The molecule has 0 amide bonds. The molecule has 2 aromatic heterocycles. The van der Waals surface area contributed by atoms with E-state index in [1.165, 1.54) is 12.8 Å². The Morgan fingerprint density at radius 3 is 2.71 bits per heavy atom. The first-order valence-corrected chi connectivity index (χ1v) is 8.36. The molecule has 0 bridgehead atoms. The highest BCUT2D eigenvalue weighted by Gasteiger charge is 2.08. The third-order valence-corrected chi connectivity index (χ3v) is 3.82. The second-order valence-electron chi connectivity index (χ2n) is 6.34. The van der Waals surface area contributed by atoms with Gasteiger partial charge in [0, 0.05) is 19.3 Å². The van der Waals surface area contributed by atoms with Gasteiger partial charge in [-0.3, -0.25) is 9.39 Å². The summed E-state index contributed by atoms with van der Waals surface area (Å²) in [5.41, 5.74) is 0.856. The van der Waals surface area contributed by atoms with Crippen LogP contribution in [0.5, 0.6) is 0 Å².